The van der Waals surface area contributed by atoms with E-state index < -0.39 is 0 Å². The summed E-state index contributed by atoms with van der Waals surface area (Å²) in [5.41, 5.74) is 0. The lowest BCUT2D eigenvalue weighted by molar-refractivity contribution is -0.137. The average molecular weight is 339 g/mol. The number of carbonyl (C=O) groups is 1. The molecule has 23 heavy (non-hydrogen) atoms. The minimum absolute atomic E-state index is 0.102. The number of ether oxygens (including phenoxy) is 3. The third kappa shape index (κ3) is 6.41. The van der Waals surface area contributed by atoms with Crippen LogP contribution in [0.15, 0.2) is 24.3 Å². The number of hydrogen-bond acceptors (Lipinski definition) is 6. The van der Waals surface area contributed by atoms with E-state index in [9.17, 15) is 4.79 Å². The van der Waals surface area contributed by atoms with Crippen molar-refractivity contribution >= 4 is 17.7 Å². The molecule has 1 aromatic carbocycles. The van der Waals surface area contributed by atoms with Gasteiger partial charge in [0.25, 0.3) is 0 Å². The first-order chi connectivity index (χ1) is 11.2. The Morgan fingerprint density at radius 3 is 2.57 bits per heavy atom. The van der Waals surface area contributed by atoms with Crippen LogP contribution in [0.2, 0.25) is 0 Å². The van der Waals surface area contributed by atoms with Crippen LogP contribution in [0.1, 0.15) is 6.92 Å². The first-order valence-corrected chi connectivity index (χ1v) is 9.32. The van der Waals surface area contributed by atoms with Gasteiger partial charge in [0.2, 0.25) is 0 Å². The highest BCUT2D eigenvalue weighted by molar-refractivity contribution is 7.98. The molecule has 0 spiro atoms. The van der Waals surface area contributed by atoms with Gasteiger partial charge < -0.3 is 14.2 Å². The number of rotatable bonds is 8. The van der Waals surface area contributed by atoms with Crippen LogP contribution >= 0.6 is 11.8 Å². The first-order valence-electron chi connectivity index (χ1n) is 7.92. The molecular weight excluding hydrogens is 314 g/mol. The van der Waals surface area contributed by atoms with Crippen LogP contribution in [0, 0.1) is 5.92 Å². The average Bonchev–Trinajstić information content (AvgIpc) is 2.57. The van der Waals surface area contributed by atoms with E-state index in [-0.39, 0.29) is 11.9 Å². The number of nitrogens with zero attached hydrogens (tertiary/aromatic N) is 1. The third-order valence-corrected chi connectivity index (χ3v) is 4.47. The molecule has 6 heteroatoms. The molecule has 0 amide bonds. The van der Waals surface area contributed by atoms with Gasteiger partial charge in [-0.2, -0.15) is 11.8 Å². The Labute approximate surface area is 142 Å². The summed E-state index contributed by atoms with van der Waals surface area (Å²) in [5, 5.41) is 0. The molecule has 0 aliphatic carbocycles. The minimum atomic E-state index is -0.194. The molecule has 1 aliphatic heterocycles. The lowest BCUT2D eigenvalue weighted by Crippen LogP contribution is -2.38. The molecule has 5 nitrogen and oxygen atoms in total. The smallest absolute Gasteiger partial charge is 0.314 e. The van der Waals surface area contributed by atoms with Crippen molar-refractivity contribution in [1.82, 2.24) is 4.90 Å². The largest absolute Gasteiger partial charge is 0.492 e. The molecule has 1 unspecified atom stereocenters. The van der Waals surface area contributed by atoms with Crippen LogP contribution in [-0.2, 0) is 9.53 Å². The molecule has 0 bridgehead atoms. The summed E-state index contributed by atoms with van der Waals surface area (Å²) in [7, 11) is 0. The van der Waals surface area contributed by atoms with Crippen LogP contribution in [0.5, 0.6) is 11.5 Å². The molecule has 1 aliphatic rings. The maximum absolute atomic E-state index is 11.9. The van der Waals surface area contributed by atoms with Crippen molar-refractivity contribution in [2.75, 3.05) is 51.5 Å². The van der Waals surface area contributed by atoms with Crippen LogP contribution < -0.4 is 9.47 Å². The molecule has 1 heterocycles. The summed E-state index contributed by atoms with van der Waals surface area (Å²) in [6.45, 7) is 6.95. The van der Waals surface area contributed by atoms with Gasteiger partial charge in [0, 0.05) is 25.4 Å². The summed E-state index contributed by atoms with van der Waals surface area (Å²) < 4.78 is 16.4. The van der Waals surface area contributed by atoms with E-state index >= 15 is 0 Å². The Kier molecular flexibility index (Phi) is 7.71. The van der Waals surface area contributed by atoms with Gasteiger partial charge in [-0.1, -0.05) is 6.92 Å². The summed E-state index contributed by atoms with van der Waals surface area (Å²) in [4.78, 5) is 14.2. The van der Waals surface area contributed by atoms with Gasteiger partial charge in [0.15, 0.2) is 0 Å². The molecule has 0 aromatic heterocycles. The molecule has 128 valence electrons. The van der Waals surface area contributed by atoms with E-state index in [0.29, 0.717) is 12.4 Å². The van der Waals surface area contributed by atoms with Crippen molar-refractivity contribution < 1.29 is 19.0 Å². The first kappa shape index (κ1) is 18.1. The highest BCUT2D eigenvalue weighted by Crippen LogP contribution is 2.19. The molecule has 0 radical (unpaired) electrons. The number of hydrogen-bond donors (Lipinski definition) is 0. The summed E-state index contributed by atoms with van der Waals surface area (Å²) >= 11 is 1.64. The molecule has 1 fully saturated rings. The van der Waals surface area contributed by atoms with E-state index in [2.05, 4.69) is 4.90 Å². The number of benzene rings is 1. The Hall–Kier alpha value is -1.24. The Balaban J connectivity index is 1.72. The quantitative estimate of drug-likeness (QED) is 0.535. The van der Waals surface area contributed by atoms with Crippen LogP contribution in [0.3, 0.4) is 0 Å². The van der Waals surface area contributed by atoms with Gasteiger partial charge in [-0.05, 0) is 30.5 Å². The fourth-order valence-electron chi connectivity index (χ4n) is 2.26. The highest BCUT2D eigenvalue weighted by Gasteiger charge is 2.14. The third-order valence-electron chi connectivity index (χ3n) is 3.64. The van der Waals surface area contributed by atoms with Crippen molar-refractivity contribution in [3.05, 3.63) is 24.3 Å². The molecule has 0 N–H and O–H groups in total. The molecule has 2 rings (SSSR count). The SMILES string of the molecule is CSCC(C)C(=O)Oc1ccc(OCCN2CCOCC2)cc1. The van der Waals surface area contributed by atoms with Crippen molar-refractivity contribution in [2.24, 2.45) is 5.92 Å². The Morgan fingerprint density at radius 1 is 1.26 bits per heavy atom. The predicted octanol–water partition coefficient (Wildman–Crippen LogP) is 2.30. The lowest BCUT2D eigenvalue weighted by atomic mass is 10.2. The topological polar surface area (TPSA) is 48.0 Å². The van der Waals surface area contributed by atoms with Gasteiger partial charge >= 0.3 is 5.97 Å². The van der Waals surface area contributed by atoms with Gasteiger partial charge in [-0.25, -0.2) is 0 Å². The number of esters is 1. The zero-order valence-corrected chi connectivity index (χ0v) is 14.6. The Bertz CT molecular complexity index is 474. The summed E-state index contributed by atoms with van der Waals surface area (Å²) in [5.74, 6) is 1.81. The molecule has 1 atom stereocenters. The number of carbonyl (C=O) groups excluding carboxylic acids is 1. The van der Waals surface area contributed by atoms with E-state index in [0.717, 1.165) is 44.4 Å². The van der Waals surface area contributed by atoms with Crippen LogP contribution in [0.4, 0.5) is 0 Å². The number of morpholine rings is 1. The predicted molar refractivity (Wildman–Crippen MR) is 92.4 cm³/mol. The van der Waals surface area contributed by atoms with Crippen LogP contribution in [-0.4, -0.2) is 62.3 Å². The fraction of sp³-hybridized carbons (Fsp3) is 0.588. The fourth-order valence-corrected chi connectivity index (χ4v) is 2.89. The van der Waals surface area contributed by atoms with Gasteiger partial charge in [0.05, 0.1) is 19.1 Å². The normalized spacial score (nSPS) is 16.8. The summed E-state index contributed by atoms with van der Waals surface area (Å²) in [6.07, 6.45) is 1.98. The standard InChI is InChI=1S/C17H25NO4S/c1-14(13-23-2)17(19)22-16-5-3-15(4-6-16)21-12-9-18-7-10-20-11-8-18/h3-6,14H,7-13H2,1-2H3. The second-order valence-electron chi connectivity index (χ2n) is 5.55. The van der Waals surface area contributed by atoms with Crippen LogP contribution in [0.25, 0.3) is 0 Å². The van der Waals surface area contributed by atoms with E-state index in [1.807, 2.05) is 25.3 Å². The molecule has 1 saturated heterocycles. The molecule has 1 aromatic rings. The Morgan fingerprint density at radius 2 is 1.91 bits per heavy atom. The zero-order valence-electron chi connectivity index (χ0n) is 13.8. The second-order valence-corrected chi connectivity index (χ2v) is 6.46. The van der Waals surface area contributed by atoms with Crippen molar-refractivity contribution in [1.29, 1.82) is 0 Å². The van der Waals surface area contributed by atoms with E-state index in [1.165, 1.54) is 0 Å². The zero-order chi connectivity index (χ0) is 16.5. The van der Waals surface area contributed by atoms with Crippen molar-refractivity contribution in [3.63, 3.8) is 0 Å². The van der Waals surface area contributed by atoms with E-state index in [1.54, 1.807) is 23.9 Å². The maximum atomic E-state index is 11.9. The van der Waals surface area contributed by atoms with Gasteiger partial charge in [0.1, 0.15) is 18.1 Å². The molecule has 0 saturated carbocycles. The van der Waals surface area contributed by atoms with Crippen molar-refractivity contribution in [3.8, 4) is 11.5 Å². The summed E-state index contributed by atoms with van der Waals surface area (Å²) in [6, 6.07) is 7.21. The van der Waals surface area contributed by atoms with Gasteiger partial charge in [-0.3, -0.25) is 9.69 Å². The molecular formula is C17H25NO4S. The maximum Gasteiger partial charge on any atom is 0.314 e. The number of thioether (sulfide) groups is 1. The van der Waals surface area contributed by atoms with E-state index in [4.69, 9.17) is 14.2 Å². The second kappa shape index (κ2) is 9.80. The minimum Gasteiger partial charge on any atom is -0.492 e. The highest BCUT2D eigenvalue weighted by atomic mass is 32.2. The lowest BCUT2D eigenvalue weighted by Gasteiger charge is -2.26. The van der Waals surface area contributed by atoms with Crippen molar-refractivity contribution in [2.45, 2.75) is 6.92 Å². The monoisotopic (exact) mass is 339 g/mol. The van der Waals surface area contributed by atoms with Gasteiger partial charge in [-0.15, -0.1) is 0 Å².